The van der Waals surface area contributed by atoms with Crippen molar-refractivity contribution < 1.29 is 23.1 Å². The van der Waals surface area contributed by atoms with Crippen LogP contribution in [0.1, 0.15) is 10.4 Å². The molecule has 2 aromatic rings. The van der Waals surface area contributed by atoms with E-state index in [0.29, 0.717) is 37.8 Å². The molecule has 26 heavy (non-hydrogen) atoms. The lowest BCUT2D eigenvalue weighted by Crippen LogP contribution is -2.51. The van der Waals surface area contributed by atoms with Crippen molar-refractivity contribution in [1.29, 1.82) is 0 Å². The molecule has 0 N–H and O–H groups in total. The Hall–Kier alpha value is -2.96. The molecule has 0 aliphatic carbocycles. The fourth-order valence-electron chi connectivity index (χ4n) is 2.75. The van der Waals surface area contributed by atoms with Crippen molar-refractivity contribution in [3.8, 4) is 5.75 Å². The zero-order chi connectivity index (χ0) is 18.5. The van der Waals surface area contributed by atoms with E-state index in [0.717, 1.165) is 12.1 Å². The molecular weight excluding hydrogens is 342 g/mol. The van der Waals surface area contributed by atoms with Crippen molar-refractivity contribution in [1.82, 2.24) is 9.80 Å². The second kappa shape index (κ2) is 7.95. The van der Waals surface area contributed by atoms with E-state index in [2.05, 4.69) is 0 Å². The Morgan fingerprint density at radius 2 is 1.58 bits per heavy atom. The van der Waals surface area contributed by atoms with Crippen molar-refractivity contribution in [3.63, 3.8) is 0 Å². The van der Waals surface area contributed by atoms with Crippen molar-refractivity contribution in [2.45, 2.75) is 0 Å². The normalized spacial score (nSPS) is 14.2. The van der Waals surface area contributed by atoms with Crippen LogP contribution in [0, 0.1) is 11.6 Å². The van der Waals surface area contributed by atoms with E-state index in [9.17, 15) is 18.4 Å². The molecule has 1 aliphatic rings. The monoisotopic (exact) mass is 360 g/mol. The smallest absolute Gasteiger partial charge is 0.260 e. The van der Waals surface area contributed by atoms with E-state index in [1.807, 2.05) is 6.07 Å². The number of nitrogens with zero attached hydrogens (tertiary/aromatic N) is 2. The summed E-state index contributed by atoms with van der Waals surface area (Å²) in [5.41, 5.74) is 0.613. The maximum atomic E-state index is 13.5. The Kier molecular flexibility index (Phi) is 5.46. The highest BCUT2D eigenvalue weighted by Gasteiger charge is 2.25. The van der Waals surface area contributed by atoms with Crippen LogP contribution in [0.2, 0.25) is 0 Å². The van der Waals surface area contributed by atoms with Gasteiger partial charge in [-0.15, -0.1) is 0 Å². The van der Waals surface area contributed by atoms with E-state index in [-0.39, 0.29) is 24.2 Å². The zero-order valence-electron chi connectivity index (χ0n) is 14.0. The van der Waals surface area contributed by atoms with Crippen LogP contribution in [-0.4, -0.2) is 54.4 Å². The van der Waals surface area contributed by atoms with E-state index in [1.54, 1.807) is 34.1 Å². The Labute approximate surface area is 149 Å². The molecule has 7 heteroatoms. The fourth-order valence-corrected chi connectivity index (χ4v) is 2.75. The van der Waals surface area contributed by atoms with Crippen LogP contribution < -0.4 is 4.74 Å². The molecule has 1 saturated heterocycles. The lowest BCUT2D eigenvalue weighted by atomic mass is 10.2. The molecule has 136 valence electrons. The maximum absolute atomic E-state index is 13.5. The highest BCUT2D eigenvalue weighted by atomic mass is 19.1. The van der Waals surface area contributed by atoms with Crippen molar-refractivity contribution in [2.75, 3.05) is 32.8 Å². The summed E-state index contributed by atoms with van der Waals surface area (Å²) in [6.45, 7) is 1.27. The number of benzene rings is 2. The SMILES string of the molecule is O=C(COc1ccc(F)cc1F)N1CCN(C(=O)c2ccccc2)CC1. The van der Waals surface area contributed by atoms with Crippen LogP contribution in [0.4, 0.5) is 8.78 Å². The van der Waals surface area contributed by atoms with Gasteiger partial charge in [-0.25, -0.2) is 8.78 Å². The lowest BCUT2D eigenvalue weighted by Gasteiger charge is -2.34. The first kappa shape index (κ1) is 17.8. The molecule has 2 amide bonds. The number of halogens is 2. The van der Waals surface area contributed by atoms with Gasteiger partial charge >= 0.3 is 0 Å². The summed E-state index contributed by atoms with van der Waals surface area (Å²) in [5.74, 6) is -2.10. The first-order chi connectivity index (χ1) is 12.5. The third kappa shape index (κ3) is 4.17. The Morgan fingerprint density at radius 3 is 2.23 bits per heavy atom. The van der Waals surface area contributed by atoms with Gasteiger partial charge in [0.2, 0.25) is 0 Å². The Balaban J connectivity index is 1.50. The Bertz CT molecular complexity index is 791. The molecule has 1 aliphatic heterocycles. The van der Waals surface area contributed by atoms with Gasteiger partial charge < -0.3 is 14.5 Å². The van der Waals surface area contributed by atoms with Gasteiger partial charge in [-0.1, -0.05) is 18.2 Å². The zero-order valence-corrected chi connectivity index (χ0v) is 14.0. The first-order valence-corrected chi connectivity index (χ1v) is 8.24. The van der Waals surface area contributed by atoms with Gasteiger partial charge in [0.25, 0.3) is 11.8 Å². The van der Waals surface area contributed by atoms with Gasteiger partial charge in [0.05, 0.1) is 0 Å². The van der Waals surface area contributed by atoms with Gasteiger partial charge in [-0.2, -0.15) is 0 Å². The number of rotatable bonds is 4. The second-order valence-electron chi connectivity index (χ2n) is 5.90. The highest BCUT2D eigenvalue weighted by Crippen LogP contribution is 2.17. The average molecular weight is 360 g/mol. The summed E-state index contributed by atoms with van der Waals surface area (Å²) in [4.78, 5) is 27.8. The third-order valence-electron chi connectivity index (χ3n) is 4.19. The molecule has 0 radical (unpaired) electrons. The summed E-state index contributed by atoms with van der Waals surface area (Å²) < 4.78 is 31.5. The number of carbonyl (C=O) groups excluding carboxylic acids is 2. The molecule has 5 nitrogen and oxygen atoms in total. The van der Waals surface area contributed by atoms with Gasteiger partial charge in [-0.05, 0) is 24.3 Å². The second-order valence-corrected chi connectivity index (χ2v) is 5.90. The van der Waals surface area contributed by atoms with E-state index in [1.165, 1.54) is 0 Å². The van der Waals surface area contributed by atoms with Gasteiger partial charge in [0, 0.05) is 37.8 Å². The molecule has 0 aromatic heterocycles. The minimum Gasteiger partial charge on any atom is -0.481 e. The van der Waals surface area contributed by atoms with Crippen LogP contribution in [0.5, 0.6) is 5.75 Å². The van der Waals surface area contributed by atoms with Gasteiger partial charge in [0.1, 0.15) is 5.82 Å². The molecule has 1 fully saturated rings. The maximum Gasteiger partial charge on any atom is 0.260 e. The number of carbonyl (C=O) groups is 2. The summed E-state index contributed by atoms with van der Waals surface area (Å²) >= 11 is 0. The molecule has 0 unspecified atom stereocenters. The van der Waals surface area contributed by atoms with Gasteiger partial charge in [-0.3, -0.25) is 9.59 Å². The van der Waals surface area contributed by atoms with Crippen molar-refractivity contribution in [3.05, 3.63) is 65.7 Å². The molecule has 3 rings (SSSR count). The van der Waals surface area contributed by atoms with E-state index >= 15 is 0 Å². The molecule has 2 aromatic carbocycles. The van der Waals surface area contributed by atoms with E-state index in [4.69, 9.17) is 4.74 Å². The molecule has 0 bridgehead atoms. The largest absolute Gasteiger partial charge is 0.481 e. The highest BCUT2D eigenvalue weighted by molar-refractivity contribution is 5.94. The van der Waals surface area contributed by atoms with Crippen LogP contribution in [0.3, 0.4) is 0 Å². The predicted molar refractivity (Wildman–Crippen MR) is 90.8 cm³/mol. The number of piperazine rings is 1. The summed E-state index contributed by atoms with van der Waals surface area (Å²) in [5, 5.41) is 0. The number of amides is 2. The standard InChI is InChI=1S/C19H18F2N2O3/c20-15-6-7-17(16(21)12-15)26-13-18(24)22-8-10-23(11-9-22)19(25)14-4-2-1-3-5-14/h1-7,12H,8-11,13H2. The summed E-state index contributed by atoms with van der Waals surface area (Å²) in [7, 11) is 0. The fraction of sp³-hybridized carbons (Fsp3) is 0.263. The van der Waals surface area contributed by atoms with E-state index < -0.39 is 11.6 Å². The molecule has 1 heterocycles. The summed E-state index contributed by atoms with van der Waals surface area (Å²) in [6.07, 6.45) is 0. The topological polar surface area (TPSA) is 49.9 Å². The van der Waals surface area contributed by atoms with Gasteiger partial charge in [0.15, 0.2) is 18.2 Å². The molecule has 0 atom stereocenters. The predicted octanol–water partition coefficient (Wildman–Crippen LogP) is 2.33. The lowest BCUT2D eigenvalue weighted by molar-refractivity contribution is -0.134. The minimum absolute atomic E-state index is 0.0673. The Morgan fingerprint density at radius 1 is 0.923 bits per heavy atom. The molecular formula is C19H18F2N2O3. The molecule has 0 saturated carbocycles. The minimum atomic E-state index is -0.851. The van der Waals surface area contributed by atoms with Crippen LogP contribution in [0.15, 0.2) is 48.5 Å². The third-order valence-corrected chi connectivity index (χ3v) is 4.19. The number of hydrogen-bond acceptors (Lipinski definition) is 3. The van der Waals surface area contributed by atoms with Crippen molar-refractivity contribution in [2.24, 2.45) is 0 Å². The number of hydrogen-bond donors (Lipinski definition) is 0. The number of ether oxygens (including phenoxy) is 1. The van der Waals surface area contributed by atoms with Crippen LogP contribution in [0.25, 0.3) is 0 Å². The van der Waals surface area contributed by atoms with Crippen molar-refractivity contribution >= 4 is 11.8 Å². The quantitative estimate of drug-likeness (QED) is 0.841. The van der Waals surface area contributed by atoms with Crippen LogP contribution >= 0.6 is 0 Å². The first-order valence-electron chi connectivity index (χ1n) is 8.24. The average Bonchev–Trinajstić information content (AvgIpc) is 2.67. The molecule has 0 spiro atoms. The van der Waals surface area contributed by atoms with Crippen LogP contribution in [-0.2, 0) is 4.79 Å². The summed E-state index contributed by atoms with van der Waals surface area (Å²) in [6, 6.07) is 11.9.